The van der Waals surface area contributed by atoms with E-state index in [9.17, 15) is 22.8 Å². The molecule has 0 atom stereocenters. The standard InChI is InChI=1S/C17H16F3N5O2S/c1-2-14(26)25-7-5-24(6-8-25)13-4-3-11(9-21-13)22-15(27)12-10-28-16(23-12)17(18,19)20/h2-4,9-10H,1,5-8H2,(H,22,27). The molecule has 148 valence electrons. The second-order valence-electron chi connectivity index (χ2n) is 5.91. The van der Waals surface area contributed by atoms with Crippen LogP contribution in [0.5, 0.6) is 0 Å². The van der Waals surface area contributed by atoms with Crippen LogP contribution >= 0.6 is 11.3 Å². The minimum absolute atomic E-state index is 0.110. The molecule has 11 heteroatoms. The molecule has 7 nitrogen and oxygen atoms in total. The number of hydrogen-bond donors (Lipinski definition) is 1. The number of pyridine rings is 1. The van der Waals surface area contributed by atoms with Crippen LogP contribution in [0.2, 0.25) is 0 Å². The molecule has 0 saturated carbocycles. The molecule has 0 aliphatic carbocycles. The van der Waals surface area contributed by atoms with Gasteiger partial charge in [0, 0.05) is 31.6 Å². The molecule has 1 N–H and O–H groups in total. The predicted molar refractivity (Wildman–Crippen MR) is 98.3 cm³/mol. The van der Waals surface area contributed by atoms with Crippen molar-refractivity contribution in [2.45, 2.75) is 6.18 Å². The molecular weight excluding hydrogens is 395 g/mol. The second-order valence-corrected chi connectivity index (χ2v) is 6.77. The van der Waals surface area contributed by atoms with Crippen LogP contribution in [0.25, 0.3) is 0 Å². The van der Waals surface area contributed by atoms with Gasteiger partial charge in [-0.05, 0) is 18.2 Å². The Hall–Kier alpha value is -2.95. The molecule has 1 fully saturated rings. The number of anilines is 2. The average molecular weight is 411 g/mol. The maximum Gasteiger partial charge on any atom is 0.443 e. The molecular formula is C17H16F3N5O2S. The van der Waals surface area contributed by atoms with Gasteiger partial charge in [-0.15, -0.1) is 11.3 Å². The monoisotopic (exact) mass is 411 g/mol. The zero-order valence-corrected chi connectivity index (χ0v) is 15.4. The van der Waals surface area contributed by atoms with Crippen molar-refractivity contribution < 1.29 is 22.8 Å². The Labute approximate surface area is 162 Å². The largest absolute Gasteiger partial charge is 0.443 e. The van der Waals surface area contributed by atoms with E-state index in [1.807, 2.05) is 4.90 Å². The fourth-order valence-electron chi connectivity index (χ4n) is 2.64. The highest BCUT2D eigenvalue weighted by Crippen LogP contribution is 2.31. The Morgan fingerprint density at radius 2 is 1.93 bits per heavy atom. The number of aromatic nitrogens is 2. The molecule has 3 heterocycles. The number of carbonyl (C=O) groups is 2. The van der Waals surface area contributed by atoms with E-state index in [1.165, 1.54) is 12.3 Å². The number of halogens is 3. The number of nitrogens with one attached hydrogen (secondary N) is 1. The summed E-state index contributed by atoms with van der Waals surface area (Å²) in [7, 11) is 0. The summed E-state index contributed by atoms with van der Waals surface area (Å²) in [6.45, 7) is 5.79. The lowest BCUT2D eigenvalue weighted by Gasteiger charge is -2.34. The van der Waals surface area contributed by atoms with E-state index >= 15 is 0 Å². The van der Waals surface area contributed by atoms with Gasteiger partial charge >= 0.3 is 6.18 Å². The van der Waals surface area contributed by atoms with Gasteiger partial charge in [-0.1, -0.05) is 6.58 Å². The summed E-state index contributed by atoms with van der Waals surface area (Å²) in [6, 6.07) is 3.31. The van der Waals surface area contributed by atoms with Crippen molar-refractivity contribution in [3.05, 3.63) is 47.1 Å². The van der Waals surface area contributed by atoms with Crippen LogP contribution in [0.4, 0.5) is 24.7 Å². The molecule has 0 aromatic carbocycles. The smallest absolute Gasteiger partial charge is 0.353 e. The molecule has 0 radical (unpaired) electrons. The summed E-state index contributed by atoms with van der Waals surface area (Å²) < 4.78 is 37.7. The normalized spacial score (nSPS) is 14.7. The van der Waals surface area contributed by atoms with E-state index in [0.717, 1.165) is 5.38 Å². The highest BCUT2D eigenvalue weighted by atomic mass is 32.1. The van der Waals surface area contributed by atoms with Gasteiger partial charge in [0.25, 0.3) is 5.91 Å². The fraction of sp³-hybridized carbons (Fsp3) is 0.294. The number of nitrogens with zero attached hydrogens (tertiary/aromatic N) is 4. The Bertz CT molecular complexity index is 874. The molecule has 0 spiro atoms. The van der Waals surface area contributed by atoms with E-state index in [-0.39, 0.29) is 11.6 Å². The summed E-state index contributed by atoms with van der Waals surface area (Å²) in [4.78, 5) is 34.9. The first kappa shape index (κ1) is 19.8. The minimum atomic E-state index is -4.58. The van der Waals surface area contributed by atoms with E-state index in [4.69, 9.17) is 0 Å². The van der Waals surface area contributed by atoms with Crippen LogP contribution in [-0.2, 0) is 11.0 Å². The maximum atomic E-state index is 12.6. The molecule has 2 amide bonds. The number of alkyl halides is 3. The van der Waals surface area contributed by atoms with Gasteiger partial charge in [0.1, 0.15) is 11.5 Å². The van der Waals surface area contributed by atoms with Crippen LogP contribution in [0, 0.1) is 0 Å². The third-order valence-electron chi connectivity index (χ3n) is 4.08. The first-order valence-electron chi connectivity index (χ1n) is 8.24. The Kier molecular flexibility index (Phi) is 5.63. The molecule has 2 aromatic rings. The molecule has 0 bridgehead atoms. The average Bonchev–Trinajstić information content (AvgIpc) is 3.19. The summed E-state index contributed by atoms with van der Waals surface area (Å²) in [6.07, 6.45) is -1.87. The van der Waals surface area contributed by atoms with Gasteiger partial charge in [-0.2, -0.15) is 13.2 Å². The van der Waals surface area contributed by atoms with E-state index in [0.29, 0.717) is 49.0 Å². The first-order chi connectivity index (χ1) is 13.3. The van der Waals surface area contributed by atoms with Crippen LogP contribution in [0.15, 0.2) is 36.4 Å². The second kappa shape index (κ2) is 7.97. The molecule has 2 aromatic heterocycles. The topological polar surface area (TPSA) is 78.4 Å². The summed E-state index contributed by atoms with van der Waals surface area (Å²) >= 11 is 0.367. The van der Waals surface area contributed by atoms with Crippen molar-refractivity contribution in [3.8, 4) is 0 Å². The van der Waals surface area contributed by atoms with Gasteiger partial charge in [0.05, 0.1) is 11.9 Å². The third kappa shape index (κ3) is 4.47. The number of hydrogen-bond acceptors (Lipinski definition) is 6. The van der Waals surface area contributed by atoms with Gasteiger partial charge < -0.3 is 15.1 Å². The van der Waals surface area contributed by atoms with E-state index in [1.54, 1.807) is 17.0 Å². The van der Waals surface area contributed by atoms with Gasteiger partial charge in [0.2, 0.25) is 5.91 Å². The maximum absolute atomic E-state index is 12.6. The molecule has 1 saturated heterocycles. The highest BCUT2D eigenvalue weighted by Gasteiger charge is 2.35. The molecule has 1 aliphatic heterocycles. The number of amides is 2. The SMILES string of the molecule is C=CC(=O)N1CCN(c2ccc(NC(=O)c3csc(C(F)(F)F)n3)cn2)CC1. The molecule has 0 unspecified atom stereocenters. The fourth-order valence-corrected chi connectivity index (χ4v) is 3.30. The van der Waals surface area contributed by atoms with Crippen LogP contribution in [-0.4, -0.2) is 52.9 Å². The van der Waals surface area contributed by atoms with Crippen molar-refractivity contribution in [2.75, 3.05) is 36.4 Å². The van der Waals surface area contributed by atoms with Crippen LogP contribution < -0.4 is 10.2 Å². The van der Waals surface area contributed by atoms with Crippen molar-refractivity contribution in [1.82, 2.24) is 14.9 Å². The summed E-state index contributed by atoms with van der Waals surface area (Å²) in [5.74, 6) is -0.170. The molecule has 1 aliphatic rings. The van der Waals surface area contributed by atoms with Crippen molar-refractivity contribution >= 4 is 34.7 Å². The zero-order chi connectivity index (χ0) is 20.3. The lowest BCUT2D eigenvalue weighted by Crippen LogP contribution is -2.48. The highest BCUT2D eigenvalue weighted by molar-refractivity contribution is 7.10. The predicted octanol–water partition coefficient (Wildman–Crippen LogP) is 2.64. The lowest BCUT2D eigenvalue weighted by atomic mass is 10.3. The Morgan fingerprint density at radius 3 is 2.46 bits per heavy atom. The van der Waals surface area contributed by atoms with E-state index in [2.05, 4.69) is 21.9 Å². The van der Waals surface area contributed by atoms with Crippen molar-refractivity contribution in [1.29, 1.82) is 0 Å². The summed E-state index contributed by atoms with van der Waals surface area (Å²) in [5.41, 5.74) is 0.0418. The minimum Gasteiger partial charge on any atom is -0.353 e. The molecule has 3 rings (SSSR count). The first-order valence-corrected chi connectivity index (χ1v) is 9.12. The number of carbonyl (C=O) groups excluding carboxylic acids is 2. The van der Waals surface area contributed by atoms with Gasteiger partial charge in [-0.25, -0.2) is 9.97 Å². The number of piperazine rings is 1. The zero-order valence-electron chi connectivity index (χ0n) is 14.6. The quantitative estimate of drug-likeness (QED) is 0.783. The molecule has 28 heavy (non-hydrogen) atoms. The Morgan fingerprint density at radius 1 is 1.21 bits per heavy atom. The van der Waals surface area contributed by atoms with Gasteiger partial charge in [0.15, 0.2) is 5.01 Å². The Balaban J connectivity index is 1.59. The third-order valence-corrected chi connectivity index (χ3v) is 4.96. The number of rotatable bonds is 4. The van der Waals surface area contributed by atoms with Crippen molar-refractivity contribution in [2.24, 2.45) is 0 Å². The van der Waals surface area contributed by atoms with E-state index < -0.39 is 17.1 Å². The number of thiazole rings is 1. The van der Waals surface area contributed by atoms with Crippen LogP contribution in [0.3, 0.4) is 0 Å². The van der Waals surface area contributed by atoms with Gasteiger partial charge in [-0.3, -0.25) is 9.59 Å². The summed E-state index contributed by atoms with van der Waals surface area (Å²) in [5, 5.41) is 2.47. The lowest BCUT2D eigenvalue weighted by molar-refractivity contribution is -0.137. The van der Waals surface area contributed by atoms with Crippen molar-refractivity contribution in [3.63, 3.8) is 0 Å². The van der Waals surface area contributed by atoms with Crippen LogP contribution in [0.1, 0.15) is 15.5 Å².